The summed E-state index contributed by atoms with van der Waals surface area (Å²) < 4.78 is 24.3. The smallest absolute Gasteiger partial charge is 0.230 e. The van der Waals surface area contributed by atoms with Crippen molar-refractivity contribution in [3.63, 3.8) is 0 Å². The highest BCUT2D eigenvalue weighted by Crippen LogP contribution is 2.42. The fourth-order valence-corrected chi connectivity index (χ4v) is 3.05. The van der Waals surface area contributed by atoms with E-state index in [1.54, 1.807) is 18.2 Å². The van der Waals surface area contributed by atoms with Gasteiger partial charge in [0, 0.05) is 19.8 Å². The molecule has 5 heteroatoms. The molecule has 0 spiro atoms. The number of benzene rings is 1. The Morgan fingerprint density at radius 3 is 2.48 bits per heavy atom. The van der Waals surface area contributed by atoms with Crippen LogP contribution >= 0.6 is 0 Å². The summed E-state index contributed by atoms with van der Waals surface area (Å²) in [5, 5.41) is 2.84. The van der Waals surface area contributed by atoms with Gasteiger partial charge in [0.05, 0.1) is 12.0 Å². The zero-order chi connectivity index (χ0) is 15.3. The number of rotatable bonds is 6. The summed E-state index contributed by atoms with van der Waals surface area (Å²) >= 11 is 0. The lowest BCUT2D eigenvalue weighted by Gasteiger charge is -2.29. The Morgan fingerprint density at radius 1 is 1.29 bits per heavy atom. The van der Waals surface area contributed by atoms with E-state index in [4.69, 9.17) is 9.47 Å². The molecule has 1 aliphatic carbocycles. The number of amides is 1. The highest BCUT2D eigenvalue weighted by molar-refractivity contribution is 5.88. The lowest BCUT2D eigenvalue weighted by atomic mass is 9.77. The largest absolute Gasteiger partial charge is 0.354 e. The Bertz CT molecular complexity index is 482. The molecule has 0 radical (unpaired) electrons. The van der Waals surface area contributed by atoms with E-state index in [0.29, 0.717) is 18.4 Å². The van der Waals surface area contributed by atoms with E-state index in [1.807, 2.05) is 0 Å². The van der Waals surface area contributed by atoms with Gasteiger partial charge in [-0.3, -0.25) is 4.79 Å². The normalized spacial score (nSPS) is 17.1. The predicted octanol–water partition coefficient (Wildman–Crippen LogP) is 2.37. The van der Waals surface area contributed by atoms with E-state index < -0.39 is 11.7 Å². The van der Waals surface area contributed by atoms with Crippen LogP contribution in [0.4, 0.5) is 4.39 Å². The molecule has 1 aliphatic rings. The van der Waals surface area contributed by atoms with Crippen LogP contribution in [0.15, 0.2) is 24.3 Å². The molecule has 0 atom stereocenters. The van der Waals surface area contributed by atoms with Gasteiger partial charge in [-0.15, -0.1) is 0 Å². The van der Waals surface area contributed by atoms with Crippen LogP contribution in [0.2, 0.25) is 0 Å². The average Bonchev–Trinajstić information content (AvgIpc) is 2.99. The topological polar surface area (TPSA) is 47.6 Å². The molecule has 1 aromatic rings. The summed E-state index contributed by atoms with van der Waals surface area (Å²) in [6.07, 6.45) is 2.71. The van der Waals surface area contributed by atoms with Gasteiger partial charge < -0.3 is 14.8 Å². The highest BCUT2D eigenvalue weighted by Gasteiger charge is 2.44. The number of halogens is 1. The van der Waals surface area contributed by atoms with E-state index in [0.717, 1.165) is 12.8 Å². The maximum absolute atomic E-state index is 14.1. The summed E-state index contributed by atoms with van der Waals surface area (Å²) in [6, 6.07) is 6.55. The molecule has 4 nitrogen and oxygen atoms in total. The van der Waals surface area contributed by atoms with E-state index in [-0.39, 0.29) is 18.3 Å². The van der Waals surface area contributed by atoms with Gasteiger partial charge in [0.15, 0.2) is 6.29 Å². The van der Waals surface area contributed by atoms with Crippen LogP contribution in [0.5, 0.6) is 0 Å². The Balaban J connectivity index is 2.19. The first-order valence-electron chi connectivity index (χ1n) is 7.23. The second-order valence-electron chi connectivity index (χ2n) is 5.38. The fraction of sp³-hybridized carbons (Fsp3) is 0.562. The van der Waals surface area contributed by atoms with Crippen molar-refractivity contribution in [2.45, 2.75) is 37.4 Å². The molecule has 0 aliphatic heterocycles. The SMILES string of the molecule is COC(CNC(=O)C1(c2ccccc2F)CCCC1)OC. The minimum atomic E-state index is -0.766. The number of carbonyl (C=O) groups is 1. The second kappa shape index (κ2) is 7.00. The molecule has 0 saturated heterocycles. The molecule has 21 heavy (non-hydrogen) atoms. The van der Waals surface area contributed by atoms with Gasteiger partial charge in [-0.2, -0.15) is 0 Å². The molecule has 1 saturated carbocycles. The van der Waals surface area contributed by atoms with E-state index >= 15 is 0 Å². The van der Waals surface area contributed by atoms with Crippen molar-refractivity contribution >= 4 is 5.91 Å². The van der Waals surface area contributed by atoms with E-state index in [1.165, 1.54) is 20.3 Å². The minimum Gasteiger partial charge on any atom is -0.354 e. The molecule has 1 aromatic carbocycles. The highest BCUT2D eigenvalue weighted by atomic mass is 19.1. The standard InChI is InChI=1S/C16H22FNO3/c1-20-14(21-2)11-18-15(19)16(9-5-6-10-16)12-7-3-4-8-13(12)17/h3-4,7-8,14H,5-6,9-11H2,1-2H3,(H,18,19). The lowest BCUT2D eigenvalue weighted by molar-refractivity contribution is -0.132. The molecule has 0 heterocycles. The van der Waals surface area contributed by atoms with Crippen molar-refractivity contribution in [3.8, 4) is 0 Å². The van der Waals surface area contributed by atoms with Crippen LogP contribution in [-0.4, -0.2) is 33.0 Å². The van der Waals surface area contributed by atoms with Crippen molar-refractivity contribution < 1.29 is 18.7 Å². The van der Waals surface area contributed by atoms with Gasteiger partial charge in [0.2, 0.25) is 5.91 Å². The third kappa shape index (κ3) is 3.24. The van der Waals surface area contributed by atoms with Crippen molar-refractivity contribution in [2.75, 3.05) is 20.8 Å². The summed E-state index contributed by atoms with van der Waals surface area (Å²) in [6.45, 7) is 0.252. The Kier molecular flexibility index (Phi) is 5.31. The molecule has 1 amide bonds. The maximum atomic E-state index is 14.1. The first-order chi connectivity index (χ1) is 10.1. The van der Waals surface area contributed by atoms with Crippen LogP contribution in [0.25, 0.3) is 0 Å². The summed E-state index contributed by atoms with van der Waals surface area (Å²) in [5.74, 6) is -0.464. The minimum absolute atomic E-state index is 0.149. The van der Waals surface area contributed by atoms with Gasteiger partial charge in [-0.25, -0.2) is 4.39 Å². The molecule has 0 bridgehead atoms. The number of ether oxygens (including phenoxy) is 2. The van der Waals surface area contributed by atoms with Crippen molar-refractivity contribution in [3.05, 3.63) is 35.6 Å². The number of nitrogens with one attached hydrogen (secondary N) is 1. The van der Waals surface area contributed by atoms with Crippen LogP contribution in [0.3, 0.4) is 0 Å². The van der Waals surface area contributed by atoms with Gasteiger partial charge in [-0.1, -0.05) is 31.0 Å². The van der Waals surface area contributed by atoms with Crippen molar-refractivity contribution in [1.82, 2.24) is 5.32 Å². The second-order valence-corrected chi connectivity index (χ2v) is 5.38. The van der Waals surface area contributed by atoms with Gasteiger partial charge in [0.25, 0.3) is 0 Å². The first-order valence-corrected chi connectivity index (χ1v) is 7.23. The molecule has 0 unspecified atom stereocenters. The Hall–Kier alpha value is -1.46. The molecular weight excluding hydrogens is 273 g/mol. The van der Waals surface area contributed by atoms with Crippen LogP contribution in [0, 0.1) is 5.82 Å². The zero-order valence-corrected chi connectivity index (χ0v) is 12.5. The number of carbonyl (C=O) groups excluding carboxylic acids is 1. The number of hydrogen-bond donors (Lipinski definition) is 1. The maximum Gasteiger partial charge on any atom is 0.230 e. The van der Waals surface area contributed by atoms with E-state index in [2.05, 4.69) is 5.32 Å². The molecule has 0 aromatic heterocycles. The zero-order valence-electron chi connectivity index (χ0n) is 12.5. The fourth-order valence-electron chi connectivity index (χ4n) is 3.05. The monoisotopic (exact) mass is 295 g/mol. The van der Waals surface area contributed by atoms with Crippen molar-refractivity contribution in [2.24, 2.45) is 0 Å². The summed E-state index contributed by atoms with van der Waals surface area (Å²) in [5.41, 5.74) is -0.274. The average molecular weight is 295 g/mol. The quantitative estimate of drug-likeness (QED) is 0.820. The third-order valence-corrected chi connectivity index (χ3v) is 4.24. The van der Waals surface area contributed by atoms with Gasteiger partial charge in [0.1, 0.15) is 5.82 Å². The van der Waals surface area contributed by atoms with Crippen LogP contribution < -0.4 is 5.32 Å². The lowest BCUT2D eigenvalue weighted by Crippen LogP contribution is -2.46. The molecule has 116 valence electrons. The predicted molar refractivity (Wildman–Crippen MR) is 77.4 cm³/mol. The number of methoxy groups -OCH3 is 2. The summed E-state index contributed by atoms with van der Waals surface area (Å²) in [7, 11) is 3.03. The van der Waals surface area contributed by atoms with Crippen LogP contribution in [0.1, 0.15) is 31.2 Å². The Labute approximate surface area is 124 Å². The van der Waals surface area contributed by atoms with Crippen LogP contribution in [-0.2, 0) is 19.7 Å². The number of hydrogen-bond acceptors (Lipinski definition) is 3. The molecule has 1 N–H and O–H groups in total. The van der Waals surface area contributed by atoms with Crippen molar-refractivity contribution in [1.29, 1.82) is 0 Å². The molecular formula is C16H22FNO3. The van der Waals surface area contributed by atoms with Gasteiger partial charge in [-0.05, 0) is 18.9 Å². The molecule has 1 fully saturated rings. The first kappa shape index (κ1) is 15.9. The molecule has 2 rings (SSSR count). The third-order valence-electron chi connectivity index (χ3n) is 4.24. The summed E-state index contributed by atoms with van der Waals surface area (Å²) in [4.78, 5) is 12.7. The van der Waals surface area contributed by atoms with E-state index in [9.17, 15) is 9.18 Å². The van der Waals surface area contributed by atoms with Gasteiger partial charge >= 0.3 is 0 Å². The Morgan fingerprint density at radius 2 is 1.90 bits per heavy atom.